The number of nitrogens with one attached hydrogen (secondary N) is 1. The van der Waals surface area contributed by atoms with Gasteiger partial charge in [0.05, 0.1) is 10.7 Å². The molecule has 2 rings (SSSR count). The van der Waals surface area contributed by atoms with Gasteiger partial charge in [0.1, 0.15) is 5.75 Å². The monoisotopic (exact) mass is 197 g/mol. The summed E-state index contributed by atoms with van der Waals surface area (Å²) in [6.07, 6.45) is 1.09. The van der Waals surface area contributed by atoms with Crippen LogP contribution >= 0.6 is 11.6 Å². The summed E-state index contributed by atoms with van der Waals surface area (Å²) in [6, 6.07) is 3.05. The molecule has 0 atom stereocenters. The number of fused-ring (bicyclic) bond motifs is 1. The largest absolute Gasteiger partial charge is 0.508 e. The van der Waals surface area contributed by atoms with Gasteiger partial charge in [-0.05, 0) is 18.1 Å². The first-order valence-electron chi connectivity index (χ1n) is 3.98. The van der Waals surface area contributed by atoms with Gasteiger partial charge in [-0.2, -0.15) is 0 Å². The maximum Gasteiger partial charge on any atom is 0.224 e. The SMILES string of the molecule is O=C1CCc2cc(O)cc(Cl)c2N1. The van der Waals surface area contributed by atoms with Gasteiger partial charge >= 0.3 is 0 Å². The third-order valence-electron chi connectivity index (χ3n) is 2.04. The van der Waals surface area contributed by atoms with Crippen LogP contribution in [0.5, 0.6) is 5.75 Å². The predicted octanol–water partition coefficient (Wildman–Crippen LogP) is 1.93. The Labute approximate surface area is 80.3 Å². The van der Waals surface area contributed by atoms with E-state index in [-0.39, 0.29) is 11.7 Å². The van der Waals surface area contributed by atoms with E-state index in [0.717, 1.165) is 5.56 Å². The van der Waals surface area contributed by atoms with E-state index in [9.17, 15) is 9.90 Å². The summed E-state index contributed by atoms with van der Waals surface area (Å²) in [5.74, 6) is 0.111. The molecule has 1 aliphatic heterocycles. The Kier molecular flexibility index (Phi) is 1.88. The minimum absolute atomic E-state index is 0.0277. The first kappa shape index (κ1) is 8.38. The van der Waals surface area contributed by atoms with Crippen LogP contribution in [-0.2, 0) is 11.2 Å². The number of amides is 1. The quantitative estimate of drug-likeness (QED) is 0.625. The molecule has 0 fully saturated rings. The Hall–Kier alpha value is -1.22. The first-order valence-corrected chi connectivity index (χ1v) is 4.36. The van der Waals surface area contributed by atoms with Crippen LogP contribution in [0.2, 0.25) is 5.02 Å². The number of rotatable bonds is 0. The third kappa shape index (κ3) is 1.47. The van der Waals surface area contributed by atoms with Crippen LogP contribution in [0.1, 0.15) is 12.0 Å². The van der Waals surface area contributed by atoms with Gasteiger partial charge in [-0.3, -0.25) is 4.79 Å². The minimum atomic E-state index is -0.0277. The fraction of sp³-hybridized carbons (Fsp3) is 0.222. The van der Waals surface area contributed by atoms with E-state index < -0.39 is 0 Å². The zero-order valence-corrected chi connectivity index (χ0v) is 7.56. The molecule has 1 aromatic carbocycles. The predicted molar refractivity (Wildman–Crippen MR) is 50.1 cm³/mol. The van der Waals surface area contributed by atoms with E-state index in [1.54, 1.807) is 6.07 Å². The molecule has 0 saturated carbocycles. The highest BCUT2D eigenvalue weighted by atomic mass is 35.5. The lowest BCUT2D eigenvalue weighted by Crippen LogP contribution is -2.19. The Balaban J connectivity index is 2.53. The molecule has 0 unspecified atom stereocenters. The average Bonchev–Trinajstić information content (AvgIpc) is 2.06. The number of carbonyl (C=O) groups excluding carboxylic acids is 1. The zero-order valence-electron chi connectivity index (χ0n) is 6.80. The van der Waals surface area contributed by atoms with Crippen molar-refractivity contribution in [2.75, 3.05) is 5.32 Å². The molecular weight excluding hydrogens is 190 g/mol. The number of aryl methyl sites for hydroxylation is 1. The average molecular weight is 198 g/mol. The number of aromatic hydroxyl groups is 1. The summed E-state index contributed by atoms with van der Waals surface area (Å²) in [5, 5.41) is 12.3. The van der Waals surface area contributed by atoms with Crippen LogP contribution in [0.15, 0.2) is 12.1 Å². The maximum absolute atomic E-state index is 11.0. The molecule has 3 nitrogen and oxygen atoms in total. The van der Waals surface area contributed by atoms with Gasteiger partial charge in [-0.25, -0.2) is 0 Å². The Bertz CT molecular complexity index is 376. The van der Waals surface area contributed by atoms with Gasteiger partial charge in [0.2, 0.25) is 5.91 Å². The van der Waals surface area contributed by atoms with Crippen molar-refractivity contribution in [3.05, 3.63) is 22.7 Å². The van der Waals surface area contributed by atoms with Gasteiger partial charge in [0, 0.05) is 12.5 Å². The molecule has 0 bridgehead atoms. The summed E-state index contributed by atoms with van der Waals surface area (Å²) >= 11 is 5.84. The van der Waals surface area contributed by atoms with E-state index >= 15 is 0 Å². The Morgan fingerprint density at radius 3 is 2.92 bits per heavy atom. The minimum Gasteiger partial charge on any atom is -0.508 e. The second kappa shape index (κ2) is 2.92. The highest BCUT2D eigenvalue weighted by Crippen LogP contribution is 2.33. The van der Waals surface area contributed by atoms with Gasteiger partial charge in [-0.15, -0.1) is 0 Å². The van der Waals surface area contributed by atoms with E-state index in [1.165, 1.54) is 6.07 Å². The molecule has 0 spiro atoms. The summed E-state index contributed by atoms with van der Waals surface area (Å²) in [6.45, 7) is 0. The lowest BCUT2D eigenvalue weighted by atomic mass is 10.0. The number of carbonyl (C=O) groups is 1. The van der Waals surface area contributed by atoms with Crippen molar-refractivity contribution in [3.63, 3.8) is 0 Å². The summed E-state index contributed by atoms with van der Waals surface area (Å²) in [7, 11) is 0. The van der Waals surface area contributed by atoms with Crippen molar-refractivity contribution >= 4 is 23.2 Å². The number of phenolic OH excluding ortho intramolecular Hbond substituents is 1. The van der Waals surface area contributed by atoms with Crippen LogP contribution in [0, 0.1) is 0 Å². The van der Waals surface area contributed by atoms with E-state index in [0.29, 0.717) is 23.6 Å². The van der Waals surface area contributed by atoms with Crippen molar-refractivity contribution in [1.82, 2.24) is 0 Å². The highest BCUT2D eigenvalue weighted by molar-refractivity contribution is 6.34. The van der Waals surface area contributed by atoms with Crippen LogP contribution in [0.4, 0.5) is 5.69 Å². The smallest absolute Gasteiger partial charge is 0.224 e. The topological polar surface area (TPSA) is 49.3 Å². The number of hydrogen-bond acceptors (Lipinski definition) is 2. The lowest BCUT2D eigenvalue weighted by molar-refractivity contribution is -0.116. The van der Waals surface area contributed by atoms with Crippen LogP contribution in [0.3, 0.4) is 0 Å². The molecule has 1 aliphatic rings. The fourth-order valence-corrected chi connectivity index (χ4v) is 1.72. The number of hydrogen-bond donors (Lipinski definition) is 2. The molecule has 1 aromatic rings. The zero-order chi connectivity index (χ0) is 9.42. The Morgan fingerprint density at radius 1 is 1.38 bits per heavy atom. The number of halogens is 1. The number of phenols is 1. The molecular formula is C9H8ClNO2. The summed E-state index contributed by atoms with van der Waals surface area (Å²) in [5.41, 5.74) is 1.53. The van der Waals surface area contributed by atoms with Crippen LogP contribution < -0.4 is 5.32 Å². The van der Waals surface area contributed by atoms with Crippen molar-refractivity contribution in [1.29, 1.82) is 0 Å². The van der Waals surface area contributed by atoms with E-state index in [4.69, 9.17) is 11.6 Å². The molecule has 13 heavy (non-hydrogen) atoms. The summed E-state index contributed by atoms with van der Waals surface area (Å²) in [4.78, 5) is 11.0. The standard InChI is InChI=1S/C9H8ClNO2/c10-7-4-6(12)3-5-1-2-8(13)11-9(5)7/h3-4,12H,1-2H2,(H,11,13). The van der Waals surface area contributed by atoms with Crippen molar-refractivity contribution in [3.8, 4) is 5.75 Å². The fourth-order valence-electron chi connectivity index (χ4n) is 1.44. The van der Waals surface area contributed by atoms with E-state index in [1.807, 2.05) is 0 Å². The number of anilines is 1. The van der Waals surface area contributed by atoms with Gasteiger partial charge in [0.15, 0.2) is 0 Å². The van der Waals surface area contributed by atoms with Gasteiger partial charge in [-0.1, -0.05) is 11.6 Å². The molecule has 0 radical (unpaired) electrons. The molecule has 68 valence electrons. The third-order valence-corrected chi connectivity index (χ3v) is 2.34. The molecule has 1 heterocycles. The lowest BCUT2D eigenvalue weighted by Gasteiger charge is -2.17. The molecule has 1 amide bonds. The molecule has 2 N–H and O–H groups in total. The van der Waals surface area contributed by atoms with Crippen LogP contribution in [0.25, 0.3) is 0 Å². The van der Waals surface area contributed by atoms with Crippen molar-refractivity contribution in [2.24, 2.45) is 0 Å². The molecule has 0 saturated heterocycles. The molecule has 0 aromatic heterocycles. The molecule has 0 aliphatic carbocycles. The maximum atomic E-state index is 11.0. The second-order valence-corrected chi connectivity index (χ2v) is 3.42. The normalized spacial score (nSPS) is 15.0. The second-order valence-electron chi connectivity index (χ2n) is 3.01. The Morgan fingerprint density at radius 2 is 2.15 bits per heavy atom. The summed E-state index contributed by atoms with van der Waals surface area (Å²) < 4.78 is 0. The number of benzene rings is 1. The van der Waals surface area contributed by atoms with Gasteiger partial charge in [0.25, 0.3) is 0 Å². The van der Waals surface area contributed by atoms with E-state index in [2.05, 4.69) is 5.32 Å². The van der Waals surface area contributed by atoms with Crippen LogP contribution in [-0.4, -0.2) is 11.0 Å². The van der Waals surface area contributed by atoms with Crippen molar-refractivity contribution < 1.29 is 9.90 Å². The highest BCUT2D eigenvalue weighted by Gasteiger charge is 2.17. The first-order chi connectivity index (χ1) is 6.16. The van der Waals surface area contributed by atoms with Crippen molar-refractivity contribution in [2.45, 2.75) is 12.8 Å². The molecule has 4 heteroatoms. The van der Waals surface area contributed by atoms with Gasteiger partial charge < -0.3 is 10.4 Å².